The second-order valence-corrected chi connectivity index (χ2v) is 5.17. The van der Waals surface area contributed by atoms with Gasteiger partial charge in [-0.1, -0.05) is 0 Å². The lowest BCUT2D eigenvalue weighted by atomic mass is 10.2. The van der Waals surface area contributed by atoms with Crippen molar-refractivity contribution in [3.8, 4) is 0 Å². The van der Waals surface area contributed by atoms with Gasteiger partial charge in [-0.05, 0) is 53.8 Å². The van der Waals surface area contributed by atoms with Crippen LogP contribution in [-0.4, -0.2) is 15.8 Å². The van der Waals surface area contributed by atoms with Crippen LogP contribution in [0.2, 0.25) is 0 Å². The Morgan fingerprint density at radius 3 is 3.00 bits per heavy atom. The maximum Gasteiger partial charge on any atom is 0.0608 e. The van der Waals surface area contributed by atoms with Crippen LogP contribution in [0, 0.1) is 3.57 Å². The number of nitrogens with two attached hydrogens (primary N) is 1. The highest BCUT2D eigenvalue weighted by molar-refractivity contribution is 14.1. The maximum atomic E-state index is 5.72. The van der Waals surface area contributed by atoms with Gasteiger partial charge in [0.2, 0.25) is 0 Å². The van der Waals surface area contributed by atoms with E-state index < -0.39 is 0 Å². The molecule has 2 rings (SSSR count). The van der Waals surface area contributed by atoms with Gasteiger partial charge in [-0.2, -0.15) is 5.10 Å². The number of benzene rings is 1. The third-order valence-electron chi connectivity index (χ3n) is 2.42. The number of rotatable bonds is 4. The highest BCUT2D eigenvalue weighted by Gasteiger charge is 2.06. The number of nitrogens with one attached hydrogen (secondary N) is 1. The molecule has 1 aromatic carbocycles. The lowest BCUT2D eigenvalue weighted by Crippen LogP contribution is -2.22. The predicted octanol–water partition coefficient (Wildman–Crippen LogP) is 2.57. The van der Waals surface area contributed by atoms with Crippen molar-refractivity contribution in [1.29, 1.82) is 0 Å². The minimum absolute atomic E-state index is 0.312. The fraction of sp³-hybridized carbons (Fsp3) is 0.250. The first kappa shape index (κ1) is 12.2. The Labute approximate surface area is 114 Å². The first-order chi connectivity index (χ1) is 8.15. The van der Waals surface area contributed by atoms with Gasteiger partial charge < -0.3 is 11.1 Å². The molecule has 0 spiro atoms. The van der Waals surface area contributed by atoms with E-state index in [0.29, 0.717) is 6.04 Å². The van der Waals surface area contributed by atoms with E-state index in [2.05, 4.69) is 39.9 Å². The normalized spacial score (nSPS) is 12.4. The highest BCUT2D eigenvalue weighted by atomic mass is 127. The van der Waals surface area contributed by atoms with E-state index in [-0.39, 0.29) is 0 Å². The average molecular weight is 342 g/mol. The van der Waals surface area contributed by atoms with E-state index in [1.165, 1.54) is 0 Å². The van der Waals surface area contributed by atoms with Gasteiger partial charge in [0.05, 0.1) is 6.54 Å². The van der Waals surface area contributed by atoms with Gasteiger partial charge in [0.15, 0.2) is 0 Å². The average Bonchev–Trinajstić information content (AvgIpc) is 2.75. The van der Waals surface area contributed by atoms with E-state index in [9.17, 15) is 0 Å². The van der Waals surface area contributed by atoms with Crippen LogP contribution in [0.4, 0.5) is 11.4 Å². The van der Waals surface area contributed by atoms with Gasteiger partial charge >= 0.3 is 0 Å². The fourth-order valence-electron chi connectivity index (χ4n) is 1.65. The zero-order chi connectivity index (χ0) is 12.3. The Bertz CT molecular complexity index is 481. The predicted molar refractivity (Wildman–Crippen MR) is 78.9 cm³/mol. The van der Waals surface area contributed by atoms with Crippen molar-refractivity contribution in [3.05, 3.63) is 40.2 Å². The molecule has 90 valence electrons. The molecule has 0 saturated carbocycles. The SMILES string of the molecule is CC(Cn1cccn1)Nc1ccc(N)cc1I. The van der Waals surface area contributed by atoms with Crippen LogP contribution in [0.1, 0.15) is 6.92 Å². The number of anilines is 2. The van der Waals surface area contributed by atoms with E-state index >= 15 is 0 Å². The van der Waals surface area contributed by atoms with E-state index in [0.717, 1.165) is 21.5 Å². The molecule has 1 unspecified atom stereocenters. The molecule has 17 heavy (non-hydrogen) atoms. The second-order valence-electron chi connectivity index (χ2n) is 4.01. The Morgan fingerprint density at radius 1 is 1.53 bits per heavy atom. The topological polar surface area (TPSA) is 55.9 Å². The van der Waals surface area contributed by atoms with Crippen LogP contribution in [-0.2, 0) is 6.54 Å². The minimum Gasteiger partial charge on any atom is -0.399 e. The van der Waals surface area contributed by atoms with Crippen molar-refractivity contribution >= 4 is 34.0 Å². The van der Waals surface area contributed by atoms with Crippen molar-refractivity contribution in [1.82, 2.24) is 9.78 Å². The number of halogens is 1. The third kappa shape index (κ3) is 3.36. The molecule has 1 aromatic heterocycles. The molecule has 0 saturated heterocycles. The molecule has 2 aromatic rings. The number of hydrogen-bond acceptors (Lipinski definition) is 3. The summed E-state index contributed by atoms with van der Waals surface area (Å²) in [5.41, 5.74) is 7.62. The van der Waals surface area contributed by atoms with Gasteiger partial charge in [-0.25, -0.2) is 0 Å². The Hall–Kier alpha value is -1.24. The van der Waals surface area contributed by atoms with Gasteiger partial charge in [0.25, 0.3) is 0 Å². The molecule has 5 heteroatoms. The molecule has 0 bridgehead atoms. The zero-order valence-electron chi connectivity index (χ0n) is 9.60. The first-order valence-electron chi connectivity index (χ1n) is 5.44. The summed E-state index contributed by atoms with van der Waals surface area (Å²) in [7, 11) is 0. The van der Waals surface area contributed by atoms with Crippen molar-refractivity contribution in [3.63, 3.8) is 0 Å². The summed E-state index contributed by atoms with van der Waals surface area (Å²) in [6.45, 7) is 2.97. The Kier molecular flexibility index (Phi) is 3.88. The third-order valence-corrected chi connectivity index (χ3v) is 3.31. The number of nitrogen functional groups attached to an aromatic ring is 1. The zero-order valence-corrected chi connectivity index (χ0v) is 11.8. The van der Waals surface area contributed by atoms with Crippen molar-refractivity contribution in [2.45, 2.75) is 19.5 Å². The van der Waals surface area contributed by atoms with Gasteiger partial charge in [0.1, 0.15) is 0 Å². The molecule has 0 fully saturated rings. The standard InChI is InChI=1S/C12H15IN4/c1-9(8-17-6-2-5-15-17)16-12-4-3-10(14)7-11(12)13/h2-7,9,16H,8,14H2,1H3. The van der Waals surface area contributed by atoms with E-state index in [4.69, 9.17) is 5.73 Å². The largest absolute Gasteiger partial charge is 0.399 e. The molecule has 4 nitrogen and oxygen atoms in total. The molecule has 1 atom stereocenters. The number of hydrogen-bond donors (Lipinski definition) is 2. The summed E-state index contributed by atoms with van der Waals surface area (Å²) >= 11 is 2.28. The number of aromatic nitrogens is 2. The molecule has 0 aliphatic heterocycles. The van der Waals surface area contributed by atoms with Crippen molar-refractivity contribution < 1.29 is 0 Å². The Balaban J connectivity index is 2.00. The summed E-state index contributed by atoms with van der Waals surface area (Å²) in [5, 5.41) is 7.64. The van der Waals surface area contributed by atoms with Crippen LogP contribution in [0.15, 0.2) is 36.7 Å². The van der Waals surface area contributed by atoms with Crippen LogP contribution in [0.3, 0.4) is 0 Å². The van der Waals surface area contributed by atoms with E-state index in [1.54, 1.807) is 6.20 Å². The monoisotopic (exact) mass is 342 g/mol. The van der Waals surface area contributed by atoms with Crippen LogP contribution in [0.25, 0.3) is 0 Å². The molecule has 0 amide bonds. The van der Waals surface area contributed by atoms with Crippen LogP contribution in [0.5, 0.6) is 0 Å². The molecular weight excluding hydrogens is 327 g/mol. The van der Waals surface area contributed by atoms with E-state index in [1.807, 2.05) is 35.1 Å². The summed E-state index contributed by atoms with van der Waals surface area (Å²) in [5.74, 6) is 0. The van der Waals surface area contributed by atoms with Gasteiger partial charge in [-0.15, -0.1) is 0 Å². The molecule has 1 heterocycles. The minimum atomic E-state index is 0.312. The summed E-state index contributed by atoms with van der Waals surface area (Å²) in [6.07, 6.45) is 3.76. The van der Waals surface area contributed by atoms with Gasteiger partial charge in [0, 0.05) is 33.4 Å². The van der Waals surface area contributed by atoms with Crippen molar-refractivity contribution in [2.24, 2.45) is 0 Å². The molecular formula is C12H15IN4. The summed E-state index contributed by atoms with van der Waals surface area (Å²) in [4.78, 5) is 0. The van der Waals surface area contributed by atoms with Gasteiger partial charge in [-0.3, -0.25) is 4.68 Å². The summed E-state index contributed by atoms with van der Waals surface area (Å²) in [6, 6.07) is 8.12. The molecule has 0 aliphatic carbocycles. The fourth-order valence-corrected chi connectivity index (χ4v) is 2.34. The lowest BCUT2D eigenvalue weighted by molar-refractivity contribution is 0.561. The summed E-state index contributed by atoms with van der Waals surface area (Å²) < 4.78 is 3.05. The highest BCUT2D eigenvalue weighted by Crippen LogP contribution is 2.21. The maximum absolute atomic E-state index is 5.72. The lowest BCUT2D eigenvalue weighted by Gasteiger charge is -2.16. The Morgan fingerprint density at radius 2 is 2.35 bits per heavy atom. The smallest absolute Gasteiger partial charge is 0.0608 e. The first-order valence-corrected chi connectivity index (χ1v) is 6.52. The second kappa shape index (κ2) is 5.39. The quantitative estimate of drug-likeness (QED) is 0.663. The van der Waals surface area contributed by atoms with Crippen LogP contribution < -0.4 is 11.1 Å². The van der Waals surface area contributed by atoms with Crippen molar-refractivity contribution in [2.75, 3.05) is 11.1 Å². The molecule has 3 N–H and O–H groups in total. The number of nitrogens with zero attached hydrogens (tertiary/aromatic N) is 2. The molecule has 0 aliphatic rings. The van der Waals surface area contributed by atoms with Crippen LogP contribution >= 0.6 is 22.6 Å². The molecule has 0 radical (unpaired) electrons.